The quantitative estimate of drug-likeness (QED) is 0.587. The van der Waals surface area contributed by atoms with Gasteiger partial charge in [-0.05, 0) is 15.9 Å². The monoisotopic (exact) mass is 299 g/mol. The van der Waals surface area contributed by atoms with E-state index in [1.807, 2.05) is 0 Å². The molecule has 1 aliphatic heterocycles. The van der Waals surface area contributed by atoms with Gasteiger partial charge in [0.1, 0.15) is 11.5 Å². The maximum absolute atomic E-state index is 11.7. The summed E-state index contributed by atoms with van der Waals surface area (Å²) >= 11 is 9.09. The molecule has 0 aliphatic carbocycles. The predicted molar refractivity (Wildman–Crippen MR) is 64.0 cm³/mol. The number of amides is 1. The first-order valence-electron chi connectivity index (χ1n) is 4.56. The molecule has 1 atom stereocenters. The van der Waals surface area contributed by atoms with Crippen molar-refractivity contribution in [2.45, 2.75) is 6.42 Å². The van der Waals surface area contributed by atoms with Gasteiger partial charge in [-0.15, -0.1) is 12.3 Å². The van der Waals surface area contributed by atoms with E-state index in [-0.39, 0.29) is 17.0 Å². The van der Waals surface area contributed by atoms with Gasteiger partial charge in [-0.2, -0.15) is 0 Å². The Labute approximate surface area is 106 Å². The fourth-order valence-electron chi connectivity index (χ4n) is 1.55. The van der Waals surface area contributed by atoms with Gasteiger partial charge in [0, 0.05) is 18.9 Å². The first-order chi connectivity index (χ1) is 7.63. The van der Waals surface area contributed by atoms with Crippen LogP contribution in [0.15, 0.2) is 10.8 Å². The van der Waals surface area contributed by atoms with Crippen molar-refractivity contribution in [2.24, 2.45) is 5.92 Å². The third-order valence-electron chi connectivity index (χ3n) is 2.34. The van der Waals surface area contributed by atoms with Crippen molar-refractivity contribution < 1.29 is 4.79 Å². The topological polar surface area (TPSA) is 46.1 Å². The fourth-order valence-corrected chi connectivity index (χ4v) is 2.10. The third kappa shape index (κ3) is 1.91. The number of rotatable bonds is 1. The minimum atomic E-state index is -0.0619. The lowest BCUT2D eigenvalue weighted by Gasteiger charge is -2.16. The van der Waals surface area contributed by atoms with E-state index in [2.05, 4.69) is 31.8 Å². The largest absolute Gasteiger partial charge is 0.294 e. The molecule has 1 aromatic heterocycles. The van der Waals surface area contributed by atoms with Crippen LogP contribution in [0.4, 0.5) is 5.82 Å². The van der Waals surface area contributed by atoms with Crippen molar-refractivity contribution >= 4 is 39.3 Å². The molecule has 1 saturated heterocycles. The average molecular weight is 301 g/mol. The minimum absolute atomic E-state index is 0.0431. The van der Waals surface area contributed by atoms with Crippen LogP contribution in [0.1, 0.15) is 6.42 Å². The van der Waals surface area contributed by atoms with Crippen LogP contribution in [0.2, 0.25) is 5.15 Å². The molecule has 0 spiro atoms. The van der Waals surface area contributed by atoms with E-state index in [4.69, 9.17) is 18.0 Å². The van der Waals surface area contributed by atoms with Gasteiger partial charge in [0.2, 0.25) is 5.91 Å². The molecule has 1 aliphatic rings. The van der Waals surface area contributed by atoms with Gasteiger partial charge in [-0.25, -0.2) is 9.97 Å². The van der Waals surface area contributed by atoms with Crippen LogP contribution in [0, 0.1) is 18.3 Å². The summed E-state index contributed by atoms with van der Waals surface area (Å²) in [4.78, 5) is 21.1. The zero-order valence-corrected chi connectivity index (χ0v) is 10.5. The minimum Gasteiger partial charge on any atom is -0.294 e. The molecular weight excluding hydrogens is 293 g/mol. The molecule has 1 aromatic rings. The molecule has 1 unspecified atom stereocenters. The van der Waals surface area contributed by atoms with Crippen molar-refractivity contribution in [3.63, 3.8) is 0 Å². The molecule has 16 heavy (non-hydrogen) atoms. The molecule has 82 valence electrons. The number of halogens is 2. The molecule has 0 saturated carbocycles. The summed E-state index contributed by atoms with van der Waals surface area (Å²) in [6, 6.07) is 0. The number of carbonyl (C=O) groups is 1. The number of anilines is 1. The third-order valence-corrected chi connectivity index (χ3v) is 3.59. The van der Waals surface area contributed by atoms with Crippen molar-refractivity contribution in [3.8, 4) is 12.3 Å². The van der Waals surface area contributed by atoms with E-state index in [0.29, 0.717) is 23.3 Å². The maximum atomic E-state index is 11.7. The summed E-state index contributed by atoms with van der Waals surface area (Å²) in [5.74, 6) is 2.94. The highest BCUT2D eigenvalue weighted by molar-refractivity contribution is 9.10. The second-order valence-corrected chi connectivity index (χ2v) is 4.53. The van der Waals surface area contributed by atoms with Gasteiger partial charge in [-0.3, -0.25) is 9.69 Å². The van der Waals surface area contributed by atoms with Crippen LogP contribution in [0.3, 0.4) is 0 Å². The summed E-state index contributed by atoms with van der Waals surface area (Å²) < 4.78 is 0.516. The lowest BCUT2D eigenvalue weighted by Crippen LogP contribution is -2.26. The zero-order chi connectivity index (χ0) is 11.7. The van der Waals surface area contributed by atoms with Crippen molar-refractivity contribution in [2.75, 3.05) is 11.4 Å². The van der Waals surface area contributed by atoms with Crippen LogP contribution < -0.4 is 4.90 Å². The molecule has 0 N–H and O–H groups in total. The molecule has 1 fully saturated rings. The number of carbonyl (C=O) groups excluding carboxylic acids is 1. The maximum Gasteiger partial charge on any atom is 0.229 e. The molecule has 0 bridgehead atoms. The average Bonchev–Trinajstić information content (AvgIpc) is 2.64. The summed E-state index contributed by atoms with van der Waals surface area (Å²) in [7, 11) is 0. The van der Waals surface area contributed by atoms with Crippen LogP contribution >= 0.6 is 27.5 Å². The molecule has 2 rings (SSSR count). The van der Waals surface area contributed by atoms with Gasteiger partial charge in [0.25, 0.3) is 0 Å². The Morgan fingerprint density at radius 1 is 1.62 bits per heavy atom. The Kier molecular flexibility index (Phi) is 3.13. The van der Waals surface area contributed by atoms with E-state index in [0.717, 1.165) is 0 Å². The number of hydrogen-bond acceptors (Lipinski definition) is 3. The van der Waals surface area contributed by atoms with Crippen molar-refractivity contribution in [1.82, 2.24) is 9.97 Å². The van der Waals surface area contributed by atoms with Gasteiger partial charge in [0.15, 0.2) is 5.82 Å². The molecular formula is C10H7BrClN3O. The first-order valence-corrected chi connectivity index (χ1v) is 5.73. The lowest BCUT2D eigenvalue weighted by atomic mass is 10.1. The number of terminal acetylenes is 1. The second kappa shape index (κ2) is 4.40. The van der Waals surface area contributed by atoms with E-state index in [1.54, 1.807) is 0 Å². The highest BCUT2D eigenvalue weighted by atomic mass is 79.9. The van der Waals surface area contributed by atoms with Crippen molar-refractivity contribution in [3.05, 3.63) is 16.0 Å². The van der Waals surface area contributed by atoms with Crippen LogP contribution in [-0.2, 0) is 4.79 Å². The van der Waals surface area contributed by atoms with E-state index < -0.39 is 0 Å². The molecule has 6 heteroatoms. The lowest BCUT2D eigenvalue weighted by molar-refractivity contribution is -0.117. The molecule has 0 aromatic carbocycles. The Morgan fingerprint density at radius 2 is 2.38 bits per heavy atom. The fraction of sp³-hybridized carbons (Fsp3) is 0.300. The van der Waals surface area contributed by atoms with Gasteiger partial charge < -0.3 is 0 Å². The van der Waals surface area contributed by atoms with E-state index >= 15 is 0 Å². The normalized spacial score (nSPS) is 19.9. The van der Waals surface area contributed by atoms with Crippen LogP contribution in [0.25, 0.3) is 0 Å². The summed E-state index contributed by atoms with van der Waals surface area (Å²) in [6.07, 6.45) is 6.97. The summed E-state index contributed by atoms with van der Waals surface area (Å²) in [5.41, 5.74) is 0. The van der Waals surface area contributed by atoms with Crippen LogP contribution in [-0.4, -0.2) is 22.4 Å². The van der Waals surface area contributed by atoms with Gasteiger partial charge in [0.05, 0.1) is 4.47 Å². The standard InChI is InChI=1S/C10H7BrClN3O/c1-2-6-3-7(16)15(4-6)10-8(11)9(12)13-5-14-10/h1,5-6H,3-4H2. The van der Waals surface area contributed by atoms with Gasteiger partial charge in [-0.1, -0.05) is 11.6 Å². The highest BCUT2D eigenvalue weighted by Gasteiger charge is 2.31. The molecule has 0 radical (unpaired) electrons. The van der Waals surface area contributed by atoms with Crippen LogP contribution in [0.5, 0.6) is 0 Å². The Hall–Kier alpha value is -1.12. The Morgan fingerprint density at radius 3 is 3.00 bits per heavy atom. The Bertz CT molecular complexity index is 485. The molecule has 1 amide bonds. The molecule has 4 nitrogen and oxygen atoms in total. The summed E-state index contributed by atoms with van der Waals surface area (Å²) in [6.45, 7) is 0.473. The first kappa shape index (κ1) is 11.4. The number of hydrogen-bond donors (Lipinski definition) is 0. The number of nitrogens with zero attached hydrogens (tertiary/aromatic N) is 3. The molecule has 2 heterocycles. The van der Waals surface area contributed by atoms with E-state index in [1.165, 1.54) is 11.2 Å². The number of aromatic nitrogens is 2. The van der Waals surface area contributed by atoms with E-state index in [9.17, 15) is 4.79 Å². The predicted octanol–water partition coefficient (Wildman–Crippen LogP) is 1.88. The van der Waals surface area contributed by atoms with Crippen molar-refractivity contribution in [1.29, 1.82) is 0 Å². The second-order valence-electron chi connectivity index (χ2n) is 3.37. The van der Waals surface area contributed by atoms with Gasteiger partial charge >= 0.3 is 0 Å². The SMILES string of the molecule is C#CC1CC(=O)N(c2ncnc(Cl)c2Br)C1. The Balaban J connectivity index is 2.36. The summed E-state index contributed by atoms with van der Waals surface area (Å²) in [5, 5.41) is 0.280. The highest BCUT2D eigenvalue weighted by Crippen LogP contribution is 2.32. The zero-order valence-electron chi connectivity index (χ0n) is 8.15. The smallest absolute Gasteiger partial charge is 0.229 e.